The highest BCUT2D eigenvalue weighted by atomic mass is 35.5. The SMILES string of the molecule is COC/C(=C\C(=O)OC)NC(=O)Nc1cc(Cl)c(Cl)c(Cl)c1. The second-order valence-electron chi connectivity index (χ2n) is 3.96. The topological polar surface area (TPSA) is 76.7 Å². The fourth-order valence-corrected chi connectivity index (χ4v) is 2.00. The number of amides is 2. The Kier molecular flexibility index (Phi) is 7.47. The predicted molar refractivity (Wildman–Crippen MR) is 85.6 cm³/mol. The smallest absolute Gasteiger partial charge is 0.332 e. The van der Waals surface area contributed by atoms with E-state index in [1.165, 1.54) is 26.4 Å². The van der Waals surface area contributed by atoms with Gasteiger partial charge in [-0.15, -0.1) is 0 Å². The van der Waals surface area contributed by atoms with Gasteiger partial charge in [0.2, 0.25) is 0 Å². The maximum atomic E-state index is 11.9. The van der Waals surface area contributed by atoms with Gasteiger partial charge in [0.15, 0.2) is 0 Å². The molecule has 0 aromatic heterocycles. The number of esters is 1. The molecule has 0 aliphatic rings. The van der Waals surface area contributed by atoms with Crippen molar-refractivity contribution in [2.24, 2.45) is 0 Å². The number of halogens is 3. The van der Waals surface area contributed by atoms with Gasteiger partial charge in [0.25, 0.3) is 0 Å². The molecule has 1 aromatic rings. The summed E-state index contributed by atoms with van der Waals surface area (Å²) in [7, 11) is 2.64. The van der Waals surface area contributed by atoms with Crippen molar-refractivity contribution in [2.75, 3.05) is 26.1 Å². The molecule has 2 amide bonds. The molecule has 0 atom stereocenters. The van der Waals surface area contributed by atoms with Gasteiger partial charge in [0.05, 0.1) is 34.5 Å². The quantitative estimate of drug-likeness (QED) is 0.474. The first kappa shape index (κ1) is 18.6. The monoisotopic (exact) mass is 366 g/mol. The lowest BCUT2D eigenvalue weighted by Gasteiger charge is -2.11. The Balaban J connectivity index is 2.79. The predicted octanol–water partition coefficient (Wildman–Crippen LogP) is 3.47. The molecule has 22 heavy (non-hydrogen) atoms. The van der Waals surface area contributed by atoms with Crippen LogP contribution in [0.15, 0.2) is 23.9 Å². The third-order valence-electron chi connectivity index (χ3n) is 2.31. The summed E-state index contributed by atoms with van der Waals surface area (Å²) in [5, 5.41) is 5.55. The molecule has 0 aliphatic carbocycles. The van der Waals surface area contributed by atoms with E-state index in [0.717, 1.165) is 6.08 Å². The van der Waals surface area contributed by atoms with E-state index in [0.29, 0.717) is 5.69 Å². The second kappa shape index (κ2) is 8.85. The largest absolute Gasteiger partial charge is 0.466 e. The van der Waals surface area contributed by atoms with E-state index in [2.05, 4.69) is 15.4 Å². The summed E-state index contributed by atoms with van der Waals surface area (Å²) in [5.74, 6) is -0.620. The van der Waals surface area contributed by atoms with Crippen molar-refractivity contribution in [1.82, 2.24) is 5.32 Å². The fraction of sp³-hybridized carbons (Fsp3) is 0.231. The van der Waals surface area contributed by atoms with Crippen LogP contribution in [0.3, 0.4) is 0 Å². The zero-order valence-corrected chi connectivity index (χ0v) is 14.0. The van der Waals surface area contributed by atoms with Crippen LogP contribution in [0.1, 0.15) is 0 Å². The first-order valence-electron chi connectivity index (χ1n) is 5.87. The molecule has 6 nitrogen and oxygen atoms in total. The number of hydrogen-bond acceptors (Lipinski definition) is 4. The van der Waals surface area contributed by atoms with Gasteiger partial charge < -0.3 is 20.1 Å². The second-order valence-corrected chi connectivity index (χ2v) is 5.15. The number of urea groups is 1. The molecule has 0 spiro atoms. The number of ether oxygens (including phenoxy) is 2. The summed E-state index contributed by atoms with van der Waals surface area (Å²) in [4.78, 5) is 23.1. The van der Waals surface area contributed by atoms with Crippen molar-refractivity contribution in [2.45, 2.75) is 0 Å². The molecule has 1 aromatic carbocycles. The lowest BCUT2D eigenvalue weighted by Crippen LogP contribution is -2.30. The van der Waals surface area contributed by atoms with Crippen LogP contribution in [0.5, 0.6) is 0 Å². The molecule has 120 valence electrons. The lowest BCUT2D eigenvalue weighted by molar-refractivity contribution is -0.134. The third-order valence-corrected chi connectivity index (χ3v) is 3.51. The maximum absolute atomic E-state index is 11.9. The minimum Gasteiger partial charge on any atom is -0.466 e. The van der Waals surface area contributed by atoms with Gasteiger partial charge >= 0.3 is 12.0 Å². The summed E-state index contributed by atoms with van der Waals surface area (Å²) in [6.07, 6.45) is 1.10. The normalized spacial score (nSPS) is 11.0. The number of carbonyl (C=O) groups is 2. The first-order valence-corrected chi connectivity index (χ1v) is 7.00. The first-order chi connectivity index (χ1) is 10.4. The fourth-order valence-electron chi connectivity index (χ4n) is 1.41. The van der Waals surface area contributed by atoms with E-state index in [1.807, 2.05) is 0 Å². The Bertz CT molecular complexity index is 582. The molecule has 0 aliphatic heterocycles. The van der Waals surface area contributed by atoms with Gasteiger partial charge in [0, 0.05) is 18.9 Å². The molecule has 0 heterocycles. The number of hydrogen-bond donors (Lipinski definition) is 2. The average Bonchev–Trinajstić information content (AvgIpc) is 2.44. The molecular weight excluding hydrogens is 355 g/mol. The Hall–Kier alpha value is -1.47. The van der Waals surface area contributed by atoms with Gasteiger partial charge in [-0.2, -0.15) is 0 Å². The summed E-state index contributed by atoms with van der Waals surface area (Å²) < 4.78 is 9.36. The summed E-state index contributed by atoms with van der Waals surface area (Å²) in [5.41, 5.74) is 0.560. The van der Waals surface area contributed by atoms with Crippen molar-refractivity contribution in [3.05, 3.63) is 39.0 Å². The third kappa shape index (κ3) is 5.73. The molecule has 0 fully saturated rings. The summed E-state index contributed by atoms with van der Waals surface area (Å²) >= 11 is 17.5. The Labute approximate surface area is 142 Å². The van der Waals surface area contributed by atoms with Crippen molar-refractivity contribution in [3.8, 4) is 0 Å². The Morgan fingerprint density at radius 3 is 2.27 bits per heavy atom. The molecule has 1 rings (SSSR count). The highest BCUT2D eigenvalue weighted by Crippen LogP contribution is 2.33. The zero-order chi connectivity index (χ0) is 16.7. The van der Waals surface area contributed by atoms with Crippen molar-refractivity contribution in [1.29, 1.82) is 0 Å². The van der Waals surface area contributed by atoms with E-state index >= 15 is 0 Å². The molecule has 2 N–H and O–H groups in total. The number of rotatable bonds is 5. The van der Waals surface area contributed by atoms with Crippen LogP contribution in [0.2, 0.25) is 15.1 Å². The standard InChI is InChI=1S/C13H13Cl3N2O4/c1-21-6-8(5-11(19)22-2)18-13(20)17-7-3-9(14)12(16)10(15)4-7/h3-5H,6H2,1-2H3,(H2,17,18,20)/b8-5+. The Morgan fingerprint density at radius 1 is 1.18 bits per heavy atom. The minimum atomic E-state index is -0.620. The van der Waals surface area contributed by atoms with Gasteiger partial charge in [-0.1, -0.05) is 34.8 Å². The highest BCUT2D eigenvalue weighted by molar-refractivity contribution is 6.48. The van der Waals surface area contributed by atoms with E-state index < -0.39 is 12.0 Å². The molecule has 0 unspecified atom stereocenters. The molecular formula is C13H13Cl3N2O4. The average molecular weight is 368 g/mol. The van der Waals surface area contributed by atoms with Gasteiger partial charge in [-0.05, 0) is 12.1 Å². The van der Waals surface area contributed by atoms with Crippen LogP contribution in [-0.2, 0) is 14.3 Å². The van der Waals surface area contributed by atoms with Crippen LogP contribution >= 0.6 is 34.8 Å². The van der Waals surface area contributed by atoms with E-state index in [4.69, 9.17) is 39.5 Å². The van der Waals surface area contributed by atoms with Gasteiger partial charge in [-0.25, -0.2) is 9.59 Å². The molecule has 0 bridgehead atoms. The van der Waals surface area contributed by atoms with Gasteiger partial charge in [0.1, 0.15) is 0 Å². The Morgan fingerprint density at radius 2 is 1.77 bits per heavy atom. The van der Waals surface area contributed by atoms with E-state index in [-0.39, 0.29) is 27.4 Å². The number of benzene rings is 1. The van der Waals surface area contributed by atoms with Crippen LogP contribution < -0.4 is 10.6 Å². The van der Waals surface area contributed by atoms with Gasteiger partial charge in [-0.3, -0.25) is 0 Å². The van der Waals surface area contributed by atoms with Crippen molar-refractivity contribution in [3.63, 3.8) is 0 Å². The van der Waals surface area contributed by atoms with Crippen molar-refractivity contribution >= 4 is 52.5 Å². The molecule has 0 radical (unpaired) electrons. The van der Waals surface area contributed by atoms with E-state index in [1.54, 1.807) is 0 Å². The number of nitrogens with one attached hydrogen (secondary N) is 2. The maximum Gasteiger partial charge on any atom is 0.332 e. The lowest BCUT2D eigenvalue weighted by atomic mass is 10.3. The number of methoxy groups -OCH3 is 2. The highest BCUT2D eigenvalue weighted by Gasteiger charge is 2.10. The van der Waals surface area contributed by atoms with Crippen LogP contribution in [0.25, 0.3) is 0 Å². The number of carbonyl (C=O) groups excluding carboxylic acids is 2. The van der Waals surface area contributed by atoms with E-state index in [9.17, 15) is 9.59 Å². The van der Waals surface area contributed by atoms with Crippen LogP contribution in [-0.4, -0.2) is 32.8 Å². The minimum absolute atomic E-state index is 0.0185. The van der Waals surface area contributed by atoms with Crippen LogP contribution in [0, 0.1) is 0 Å². The number of anilines is 1. The summed E-state index contributed by atoms with van der Waals surface area (Å²) in [6.45, 7) is 0.0185. The molecule has 0 saturated carbocycles. The molecule has 0 saturated heterocycles. The molecule has 9 heteroatoms. The summed E-state index contributed by atoms with van der Waals surface area (Å²) in [6, 6.07) is 2.27. The van der Waals surface area contributed by atoms with Crippen LogP contribution in [0.4, 0.5) is 10.5 Å². The van der Waals surface area contributed by atoms with Crippen molar-refractivity contribution < 1.29 is 19.1 Å². The zero-order valence-electron chi connectivity index (χ0n) is 11.7.